The molecule has 0 aliphatic carbocycles. The lowest BCUT2D eigenvalue weighted by Crippen LogP contribution is -2.17. The third-order valence-electron chi connectivity index (χ3n) is 2.03. The number of thioether (sulfide) groups is 1. The molecule has 2 amide bonds. The number of amides is 2. The summed E-state index contributed by atoms with van der Waals surface area (Å²) in [5.41, 5.74) is 0.826. The summed E-state index contributed by atoms with van der Waals surface area (Å²) in [7, 11) is 1.58. The number of carbonyl (C=O) groups is 2. The van der Waals surface area contributed by atoms with E-state index in [0.717, 1.165) is 17.3 Å². The zero-order valence-electron chi connectivity index (χ0n) is 8.52. The molecule has 1 aliphatic heterocycles. The van der Waals surface area contributed by atoms with Crippen LogP contribution in [0.1, 0.15) is 5.56 Å². The molecule has 0 spiro atoms. The van der Waals surface area contributed by atoms with Crippen LogP contribution < -0.4 is 10.1 Å². The Balaban J connectivity index is 2.28. The molecule has 4 nitrogen and oxygen atoms in total. The first-order valence-electron chi connectivity index (χ1n) is 4.58. The van der Waals surface area contributed by atoms with E-state index in [9.17, 15) is 9.59 Å². The van der Waals surface area contributed by atoms with Crippen LogP contribution in [0.15, 0.2) is 29.2 Å². The predicted octanol–water partition coefficient (Wildman–Crippen LogP) is 2.02. The number of benzene rings is 1. The summed E-state index contributed by atoms with van der Waals surface area (Å²) in [5.74, 6) is 0.363. The Morgan fingerprint density at radius 2 is 2.19 bits per heavy atom. The number of rotatable bonds is 2. The molecule has 82 valence electrons. The van der Waals surface area contributed by atoms with E-state index < -0.39 is 0 Å². The largest absolute Gasteiger partial charge is 0.497 e. The van der Waals surface area contributed by atoms with E-state index in [0.29, 0.717) is 10.7 Å². The normalized spacial score (nSPS) is 17.7. The van der Waals surface area contributed by atoms with Crippen LogP contribution in [0.25, 0.3) is 6.08 Å². The van der Waals surface area contributed by atoms with Crippen LogP contribution >= 0.6 is 11.8 Å². The van der Waals surface area contributed by atoms with Gasteiger partial charge in [-0.3, -0.25) is 14.9 Å². The smallest absolute Gasteiger partial charge is 0.290 e. The van der Waals surface area contributed by atoms with E-state index in [4.69, 9.17) is 4.74 Å². The van der Waals surface area contributed by atoms with Crippen molar-refractivity contribution in [1.29, 1.82) is 0 Å². The number of ether oxygens (including phenoxy) is 1. The summed E-state index contributed by atoms with van der Waals surface area (Å²) in [6, 6.07) is 7.27. The maximum Gasteiger partial charge on any atom is 0.290 e. The lowest BCUT2D eigenvalue weighted by molar-refractivity contribution is -0.115. The molecule has 1 aromatic rings. The summed E-state index contributed by atoms with van der Waals surface area (Å²) in [4.78, 5) is 22.6. The zero-order chi connectivity index (χ0) is 11.5. The molecule has 1 aromatic carbocycles. The molecule has 0 bridgehead atoms. The van der Waals surface area contributed by atoms with Gasteiger partial charge >= 0.3 is 0 Å². The first kappa shape index (κ1) is 10.8. The van der Waals surface area contributed by atoms with Crippen LogP contribution in [0.3, 0.4) is 0 Å². The fourth-order valence-electron chi connectivity index (χ4n) is 1.30. The Hall–Kier alpha value is -1.75. The van der Waals surface area contributed by atoms with E-state index in [1.165, 1.54) is 0 Å². The highest BCUT2D eigenvalue weighted by atomic mass is 32.2. The molecule has 0 aromatic heterocycles. The molecule has 1 N–H and O–H groups in total. The standard InChI is InChI=1S/C11H9NO3S/c1-15-8-4-2-3-7(5-8)6-9-10(13)12-11(14)16-9/h2-6H,1H3,(H,12,13,14)/b9-6+. The van der Waals surface area contributed by atoms with Crippen molar-refractivity contribution in [2.24, 2.45) is 0 Å². The van der Waals surface area contributed by atoms with Gasteiger partial charge in [-0.25, -0.2) is 0 Å². The molecule has 1 saturated heterocycles. The minimum Gasteiger partial charge on any atom is -0.497 e. The van der Waals surface area contributed by atoms with Gasteiger partial charge in [0.15, 0.2) is 0 Å². The molecule has 16 heavy (non-hydrogen) atoms. The van der Waals surface area contributed by atoms with Crippen LogP contribution in [0.4, 0.5) is 4.79 Å². The van der Waals surface area contributed by atoms with Crippen LogP contribution in [0.5, 0.6) is 5.75 Å². The van der Waals surface area contributed by atoms with Gasteiger partial charge in [0.2, 0.25) is 0 Å². The van der Waals surface area contributed by atoms with Crippen molar-refractivity contribution in [3.05, 3.63) is 34.7 Å². The molecular formula is C11H9NO3S. The summed E-state index contributed by atoms with van der Waals surface area (Å²) < 4.78 is 5.06. The molecule has 1 aliphatic rings. The van der Waals surface area contributed by atoms with Crippen molar-refractivity contribution < 1.29 is 14.3 Å². The Labute approximate surface area is 96.7 Å². The molecule has 0 radical (unpaired) electrons. The maximum atomic E-state index is 11.3. The Bertz CT molecular complexity index is 482. The summed E-state index contributed by atoms with van der Waals surface area (Å²) in [6.07, 6.45) is 1.66. The Kier molecular flexibility index (Phi) is 2.96. The van der Waals surface area contributed by atoms with Gasteiger partial charge in [0, 0.05) is 0 Å². The van der Waals surface area contributed by atoms with E-state index in [-0.39, 0.29) is 11.1 Å². The van der Waals surface area contributed by atoms with Gasteiger partial charge in [-0.15, -0.1) is 0 Å². The topological polar surface area (TPSA) is 55.4 Å². The van der Waals surface area contributed by atoms with Gasteiger partial charge in [-0.05, 0) is 35.5 Å². The van der Waals surface area contributed by atoms with Crippen LogP contribution in [0.2, 0.25) is 0 Å². The maximum absolute atomic E-state index is 11.3. The summed E-state index contributed by atoms with van der Waals surface area (Å²) in [6.45, 7) is 0. The van der Waals surface area contributed by atoms with E-state index in [1.807, 2.05) is 18.2 Å². The SMILES string of the molecule is COc1cccc(/C=C2/SC(=O)NC2=O)c1. The van der Waals surface area contributed by atoms with Gasteiger partial charge in [-0.2, -0.15) is 0 Å². The van der Waals surface area contributed by atoms with Gasteiger partial charge in [0.1, 0.15) is 5.75 Å². The van der Waals surface area contributed by atoms with Crippen LogP contribution in [-0.4, -0.2) is 18.3 Å². The minimum absolute atomic E-state index is 0.334. The number of methoxy groups -OCH3 is 1. The zero-order valence-corrected chi connectivity index (χ0v) is 9.34. The number of hydrogen-bond acceptors (Lipinski definition) is 4. The molecule has 1 fully saturated rings. The lowest BCUT2D eigenvalue weighted by atomic mass is 10.2. The number of carbonyl (C=O) groups excluding carboxylic acids is 2. The number of hydrogen-bond donors (Lipinski definition) is 1. The molecule has 5 heteroatoms. The fraction of sp³-hybridized carbons (Fsp3) is 0.0909. The quantitative estimate of drug-likeness (QED) is 0.797. The van der Waals surface area contributed by atoms with Gasteiger partial charge in [0.25, 0.3) is 11.1 Å². The Morgan fingerprint density at radius 1 is 1.38 bits per heavy atom. The Morgan fingerprint density at radius 3 is 2.81 bits per heavy atom. The van der Waals surface area contributed by atoms with E-state index in [2.05, 4.69) is 5.32 Å². The third-order valence-corrected chi connectivity index (χ3v) is 2.84. The minimum atomic E-state index is -0.349. The van der Waals surface area contributed by atoms with Crippen molar-refractivity contribution in [2.75, 3.05) is 7.11 Å². The molecule has 0 atom stereocenters. The van der Waals surface area contributed by atoms with Crippen LogP contribution in [-0.2, 0) is 4.79 Å². The van der Waals surface area contributed by atoms with Crippen molar-refractivity contribution in [3.63, 3.8) is 0 Å². The second-order valence-corrected chi connectivity index (χ2v) is 4.14. The first-order valence-corrected chi connectivity index (χ1v) is 5.39. The second kappa shape index (κ2) is 4.40. The fourth-order valence-corrected chi connectivity index (χ4v) is 1.99. The molecular weight excluding hydrogens is 226 g/mol. The second-order valence-electron chi connectivity index (χ2n) is 3.13. The van der Waals surface area contributed by atoms with E-state index in [1.54, 1.807) is 19.3 Å². The monoisotopic (exact) mass is 235 g/mol. The molecule has 0 saturated carbocycles. The first-order chi connectivity index (χ1) is 7.69. The highest BCUT2D eigenvalue weighted by Crippen LogP contribution is 2.26. The highest BCUT2D eigenvalue weighted by Gasteiger charge is 2.24. The average molecular weight is 235 g/mol. The summed E-state index contributed by atoms with van der Waals surface area (Å²) in [5, 5.41) is 1.87. The van der Waals surface area contributed by atoms with Crippen molar-refractivity contribution >= 4 is 29.0 Å². The van der Waals surface area contributed by atoms with Gasteiger partial charge in [-0.1, -0.05) is 12.1 Å². The lowest BCUT2D eigenvalue weighted by Gasteiger charge is -2.00. The number of nitrogens with one attached hydrogen (secondary N) is 1. The van der Waals surface area contributed by atoms with Gasteiger partial charge in [0.05, 0.1) is 12.0 Å². The van der Waals surface area contributed by atoms with Crippen molar-refractivity contribution in [3.8, 4) is 5.75 Å². The van der Waals surface area contributed by atoms with Crippen molar-refractivity contribution in [1.82, 2.24) is 5.32 Å². The molecule has 0 unspecified atom stereocenters. The van der Waals surface area contributed by atoms with E-state index >= 15 is 0 Å². The predicted molar refractivity (Wildman–Crippen MR) is 62.1 cm³/mol. The van der Waals surface area contributed by atoms with Crippen molar-refractivity contribution in [2.45, 2.75) is 0 Å². The third kappa shape index (κ3) is 2.25. The average Bonchev–Trinajstić information content (AvgIpc) is 2.58. The molecule has 2 rings (SSSR count). The number of imide groups is 1. The highest BCUT2D eigenvalue weighted by molar-refractivity contribution is 8.18. The summed E-state index contributed by atoms with van der Waals surface area (Å²) >= 11 is 0.903. The van der Waals surface area contributed by atoms with Crippen LogP contribution in [0, 0.1) is 0 Å². The van der Waals surface area contributed by atoms with Gasteiger partial charge < -0.3 is 4.74 Å². The molecule has 1 heterocycles.